The number of nitrogens with one attached hydrogen (secondary N) is 1. The van der Waals surface area contributed by atoms with Crippen LogP contribution in [0.3, 0.4) is 0 Å². The lowest BCUT2D eigenvalue weighted by molar-refractivity contribution is -0.147. The van der Waals surface area contributed by atoms with Crippen molar-refractivity contribution in [3.63, 3.8) is 0 Å². The van der Waals surface area contributed by atoms with E-state index >= 15 is 0 Å². The molecule has 1 aromatic carbocycles. The molecule has 25 heavy (non-hydrogen) atoms. The minimum atomic E-state index is -0.669. The number of amides is 2. The summed E-state index contributed by atoms with van der Waals surface area (Å²) in [5, 5.41) is 2.73. The Labute approximate surface area is 147 Å². The first kappa shape index (κ1) is 18.9. The van der Waals surface area contributed by atoms with E-state index in [4.69, 9.17) is 0 Å². The Morgan fingerprint density at radius 1 is 1.36 bits per heavy atom. The van der Waals surface area contributed by atoms with Gasteiger partial charge >= 0.3 is 5.97 Å². The lowest BCUT2D eigenvalue weighted by atomic mass is 10.1. The number of hydrogen-bond donors (Lipinski definition) is 1. The number of esters is 1. The van der Waals surface area contributed by atoms with Crippen molar-refractivity contribution in [1.82, 2.24) is 15.1 Å². The second-order valence-corrected chi connectivity index (χ2v) is 6.23. The second-order valence-electron chi connectivity index (χ2n) is 6.23. The molecule has 136 valence electrons. The lowest BCUT2D eigenvalue weighted by Crippen LogP contribution is -2.58. The molecule has 7 heteroatoms. The number of piperazine rings is 1. The van der Waals surface area contributed by atoms with Gasteiger partial charge in [0.05, 0.1) is 20.1 Å². The molecule has 1 saturated heterocycles. The fourth-order valence-corrected chi connectivity index (χ4v) is 2.84. The summed E-state index contributed by atoms with van der Waals surface area (Å²) in [6.07, 6.45) is -0.0584. The summed E-state index contributed by atoms with van der Waals surface area (Å²) >= 11 is 0. The van der Waals surface area contributed by atoms with Gasteiger partial charge in [0.25, 0.3) is 0 Å². The fraction of sp³-hybridized carbons (Fsp3) is 0.500. The summed E-state index contributed by atoms with van der Waals surface area (Å²) in [6.45, 7) is 3.60. The number of carbonyl (C=O) groups excluding carboxylic acids is 3. The molecule has 0 radical (unpaired) electrons. The number of carbonyl (C=O) groups is 3. The minimum Gasteiger partial charge on any atom is -0.469 e. The normalized spacial score (nSPS) is 17.7. The van der Waals surface area contributed by atoms with Gasteiger partial charge in [-0.3, -0.25) is 19.3 Å². The summed E-state index contributed by atoms with van der Waals surface area (Å²) < 4.78 is 4.65. The van der Waals surface area contributed by atoms with Crippen LogP contribution in [-0.4, -0.2) is 67.4 Å². The van der Waals surface area contributed by atoms with Gasteiger partial charge in [0, 0.05) is 26.7 Å². The van der Waals surface area contributed by atoms with Crippen molar-refractivity contribution in [3.05, 3.63) is 35.4 Å². The van der Waals surface area contributed by atoms with Crippen LogP contribution in [0, 0.1) is 6.92 Å². The molecule has 0 aromatic heterocycles. The smallest absolute Gasteiger partial charge is 0.307 e. The molecule has 1 heterocycles. The third-order valence-corrected chi connectivity index (χ3v) is 4.46. The number of ether oxygens (including phenoxy) is 1. The maximum atomic E-state index is 12.6. The van der Waals surface area contributed by atoms with E-state index in [0.29, 0.717) is 19.6 Å². The van der Waals surface area contributed by atoms with Crippen molar-refractivity contribution in [2.45, 2.75) is 25.9 Å². The van der Waals surface area contributed by atoms with Crippen molar-refractivity contribution in [3.8, 4) is 0 Å². The Morgan fingerprint density at radius 3 is 2.76 bits per heavy atom. The van der Waals surface area contributed by atoms with Gasteiger partial charge in [-0.25, -0.2) is 0 Å². The minimum absolute atomic E-state index is 0.0584. The SMILES string of the molecule is COC(=O)CC1C(=O)NCCN1CC(=O)N(C)Cc1ccccc1C. The zero-order valence-corrected chi connectivity index (χ0v) is 14.9. The number of hydrogen-bond acceptors (Lipinski definition) is 5. The standard InChI is InChI=1S/C18H25N3O4/c1-13-6-4-5-7-14(13)11-20(2)16(22)12-21-9-8-19-18(24)15(21)10-17(23)25-3/h4-7,15H,8-12H2,1-3H3,(H,19,24). The van der Waals surface area contributed by atoms with E-state index in [1.165, 1.54) is 7.11 Å². The zero-order valence-electron chi connectivity index (χ0n) is 14.9. The highest BCUT2D eigenvalue weighted by atomic mass is 16.5. The van der Waals surface area contributed by atoms with E-state index in [1.54, 1.807) is 16.8 Å². The highest BCUT2D eigenvalue weighted by Gasteiger charge is 2.33. The molecule has 2 amide bonds. The average Bonchev–Trinajstić information content (AvgIpc) is 2.59. The summed E-state index contributed by atoms with van der Waals surface area (Å²) in [5.41, 5.74) is 2.21. The van der Waals surface area contributed by atoms with E-state index in [-0.39, 0.29) is 24.8 Å². The quantitative estimate of drug-likeness (QED) is 0.750. The highest BCUT2D eigenvalue weighted by molar-refractivity contribution is 5.88. The molecule has 1 atom stereocenters. The number of nitrogens with zero attached hydrogens (tertiary/aromatic N) is 2. The molecule has 0 saturated carbocycles. The predicted molar refractivity (Wildman–Crippen MR) is 92.7 cm³/mol. The van der Waals surface area contributed by atoms with E-state index in [0.717, 1.165) is 11.1 Å². The summed E-state index contributed by atoms with van der Waals surface area (Å²) in [6, 6.07) is 7.24. The first-order valence-electron chi connectivity index (χ1n) is 8.29. The predicted octanol–water partition coefficient (Wildman–Crippen LogP) is 0.317. The molecular formula is C18H25N3O4. The van der Waals surface area contributed by atoms with Crippen LogP contribution in [0.25, 0.3) is 0 Å². The maximum absolute atomic E-state index is 12.6. The van der Waals surface area contributed by atoms with Crippen LogP contribution in [0.2, 0.25) is 0 Å². The van der Waals surface area contributed by atoms with E-state index in [1.807, 2.05) is 31.2 Å². The molecule has 1 aromatic rings. The van der Waals surface area contributed by atoms with Crippen molar-refractivity contribution in [2.75, 3.05) is 33.8 Å². The van der Waals surface area contributed by atoms with Crippen LogP contribution in [0.5, 0.6) is 0 Å². The lowest BCUT2D eigenvalue weighted by Gasteiger charge is -2.34. The number of aryl methyl sites for hydroxylation is 1. The Bertz CT molecular complexity index is 647. The Kier molecular flexibility index (Phi) is 6.52. The van der Waals surface area contributed by atoms with Crippen LogP contribution in [0.1, 0.15) is 17.5 Å². The number of methoxy groups -OCH3 is 1. The number of benzene rings is 1. The van der Waals surface area contributed by atoms with Gasteiger partial charge in [0.1, 0.15) is 6.04 Å². The van der Waals surface area contributed by atoms with E-state index in [9.17, 15) is 14.4 Å². The van der Waals surface area contributed by atoms with Crippen molar-refractivity contribution >= 4 is 17.8 Å². The first-order valence-corrected chi connectivity index (χ1v) is 8.29. The van der Waals surface area contributed by atoms with Gasteiger partial charge < -0.3 is 15.0 Å². The molecule has 1 N–H and O–H groups in total. The monoisotopic (exact) mass is 347 g/mol. The van der Waals surface area contributed by atoms with Crippen molar-refractivity contribution in [1.29, 1.82) is 0 Å². The Morgan fingerprint density at radius 2 is 2.08 bits per heavy atom. The summed E-state index contributed by atoms with van der Waals surface area (Å²) in [5.74, 6) is -0.799. The molecule has 1 aliphatic rings. The van der Waals surface area contributed by atoms with Gasteiger partial charge in [-0.15, -0.1) is 0 Å². The maximum Gasteiger partial charge on any atom is 0.307 e. The van der Waals surface area contributed by atoms with Crippen LogP contribution in [-0.2, 0) is 25.7 Å². The van der Waals surface area contributed by atoms with E-state index < -0.39 is 12.0 Å². The van der Waals surface area contributed by atoms with Crippen LogP contribution in [0.4, 0.5) is 0 Å². The summed E-state index contributed by atoms with van der Waals surface area (Å²) in [4.78, 5) is 39.6. The topological polar surface area (TPSA) is 79.0 Å². The van der Waals surface area contributed by atoms with Gasteiger partial charge in [-0.1, -0.05) is 24.3 Å². The molecule has 0 spiro atoms. The average molecular weight is 347 g/mol. The zero-order chi connectivity index (χ0) is 18.4. The molecule has 1 aliphatic heterocycles. The molecule has 1 fully saturated rings. The van der Waals surface area contributed by atoms with Crippen molar-refractivity contribution in [2.24, 2.45) is 0 Å². The highest BCUT2D eigenvalue weighted by Crippen LogP contribution is 2.12. The molecule has 1 unspecified atom stereocenters. The molecule has 7 nitrogen and oxygen atoms in total. The number of rotatable bonds is 6. The largest absolute Gasteiger partial charge is 0.469 e. The van der Waals surface area contributed by atoms with Gasteiger partial charge in [-0.2, -0.15) is 0 Å². The summed E-state index contributed by atoms with van der Waals surface area (Å²) in [7, 11) is 3.03. The van der Waals surface area contributed by atoms with Crippen molar-refractivity contribution < 1.29 is 19.1 Å². The third-order valence-electron chi connectivity index (χ3n) is 4.46. The molecule has 0 bridgehead atoms. The Balaban J connectivity index is 2.00. The van der Waals surface area contributed by atoms with Gasteiger partial charge in [0.2, 0.25) is 11.8 Å². The fourth-order valence-electron chi connectivity index (χ4n) is 2.84. The van der Waals surface area contributed by atoms with E-state index in [2.05, 4.69) is 10.1 Å². The van der Waals surface area contributed by atoms with Crippen LogP contribution in [0.15, 0.2) is 24.3 Å². The van der Waals surface area contributed by atoms with Gasteiger partial charge in [-0.05, 0) is 18.1 Å². The second kappa shape index (κ2) is 8.62. The molecule has 2 rings (SSSR count). The molecular weight excluding hydrogens is 322 g/mol. The number of likely N-dealkylation sites (N-methyl/N-ethyl adjacent to an activating group) is 1. The molecule has 0 aliphatic carbocycles. The third kappa shape index (κ3) is 5.03. The van der Waals surface area contributed by atoms with Gasteiger partial charge in [0.15, 0.2) is 0 Å². The Hall–Kier alpha value is -2.41. The first-order chi connectivity index (χ1) is 11.9. The van der Waals surface area contributed by atoms with Crippen LogP contribution < -0.4 is 5.32 Å². The van der Waals surface area contributed by atoms with Crippen LogP contribution >= 0.6 is 0 Å².